The molecule has 4 aliphatic heterocycles. The highest BCUT2D eigenvalue weighted by Gasteiger charge is 2.34. The molecule has 71 heavy (non-hydrogen) atoms. The Morgan fingerprint density at radius 1 is 0.845 bits per heavy atom. The Morgan fingerprint density at radius 2 is 1.66 bits per heavy atom. The fourth-order valence-corrected chi connectivity index (χ4v) is 12.0. The number of thiazole rings is 1. The van der Waals surface area contributed by atoms with Crippen LogP contribution in [0.5, 0.6) is 5.75 Å². The number of amides is 3. The van der Waals surface area contributed by atoms with E-state index in [1.165, 1.54) is 29.7 Å². The summed E-state index contributed by atoms with van der Waals surface area (Å²) in [6.45, 7) is 6.44. The second-order valence-corrected chi connectivity index (χ2v) is 20.6. The van der Waals surface area contributed by atoms with Crippen molar-refractivity contribution in [1.29, 1.82) is 0 Å². The van der Waals surface area contributed by atoms with Crippen molar-refractivity contribution in [3.8, 4) is 5.75 Å². The summed E-state index contributed by atoms with van der Waals surface area (Å²) in [5.41, 5.74) is 8.04. The van der Waals surface area contributed by atoms with Crippen molar-refractivity contribution in [3.63, 3.8) is 0 Å². The zero-order valence-electron chi connectivity index (χ0n) is 39.8. The first-order chi connectivity index (χ1) is 34.6. The van der Waals surface area contributed by atoms with Crippen LogP contribution in [0.2, 0.25) is 0 Å². The number of carbonyl (C=O) groups excluding carboxylic acids is 3. The molecule has 364 valence electrons. The van der Waals surface area contributed by atoms with E-state index in [4.69, 9.17) is 9.84 Å². The number of likely N-dealkylation sites (tertiary alicyclic amines) is 1. The van der Waals surface area contributed by atoms with Gasteiger partial charge in [-0.2, -0.15) is 5.10 Å². The molecule has 15 nitrogen and oxygen atoms in total. The fraction of sp³-hybridized carbons (Fsp3) is 0.364. The van der Waals surface area contributed by atoms with Gasteiger partial charge in [-0.3, -0.25) is 29.7 Å². The molecule has 3 saturated heterocycles. The van der Waals surface area contributed by atoms with Crippen molar-refractivity contribution < 1.29 is 29.0 Å². The Kier molecular flexibility index (Phi) is 13.0. The van der Waals surface area contributed by atoms with E-state index in [0.717, 1.165) is 95.6 Å². The molecule has 3 amide bonds. The molecule has 4 aliphatic rings. The number of piperidine rings is 2. The van der Waals surface area contributed by atoms with Gasteiger partial charge >= 0.3 is 5.97 Å². The van der Waals surface area contributed by atoms with E-state index in [9.17, 15) is 24.3 Å². The van der Waals surface area contributed by atoms with E-state index in [0.29, 0.717) is 72.0 Å². The second-order valence-electron chi connectivity index (χ2n) is 19.5. The monoisotopic (exact) mass is 971 g/mol. The molecule has 1 unspecified atom stereocenters. The number of carboxylic acid groups (broad SMARTS) is 1. The maximum absolute atomic E-state index is 13.6. The molecule has 3 fully saturated rings. The average Bonchev–Trinajstić information content (AvgIpc) is 4.12. The van der Waals surface area contributed by atoms with E-state index in [-0.39, 0.29) is 30.0 Å². The number of nitrogens with zero attached hydrogens (tertiary/aromatic N) is 7. The van der Waals surface area contributed by atoms with Crippen molar-refractivity contribution in [3.05, 3.63) is 136 Å². The predicted molar refractivity (Wildman–Crippen MR) is 274 cm³/mol. The van der Waals surface area contributed by atoms with Gasteiger partial charge in [-0.05, 0) is 135 Å². The molecule has 16 heteroatoms. The summed E-state index contributed by atoms with van der Waals surface area (Å²) in [5, 5.41) is 22.1. The van der Waals surface area contributed by atoms with Crippen molar-refractivity contribution in [2.45, 2.75) is 70.4 Å². The molecular formula is C55H57N9O6S. The van der Waals surface area contributed by atoms with E-state index < -0.39 is 11.9 Å². The Labute approximate surface area is 415 Å². The first-order valence-corrected chi connectivity index (χ1v) is 25.7. The van der Waals surface area contributed by atoms with Crippen LogP contribution >= 0.6 is 11.3 Å². The third-order valence-corrected chi connectivity index (χ3v) is 15.9. The number of anilines is 3. The lowest BCUT2D eigenvalue weighted by atomic mass is 9.90. The summed E-state index contributed by atoms with van der Waals surface area (Å²) in [5.74, 6) is 0.248. The largest absolute Gasteiger partial charge is 0.489 e. The predicted octanol–water partition coefficient (Wildman–Crippen LogP) is 8.36. The van der Waals surface area contributed by atoms with Crippen molar-refractivity contribution in [2.24, 2.45) is 18.9 Å². The minimum absolute atomic E-state index is 0.0508. The minimum atomic E-state index is -1.12. The molecule has 7 aromatic rings. The van der Waals surface area contributed by atoms with Crippen LogP contribution < -0.4 is 25.2 Å². The summed E-state index contributed by atoms with van der Waals surface area (Å²) < 4.78 is 9.03. The number of hydrogen-bond donors (Lipinski definition) is 3. The van der Waals surface area contributed by atoms with Crippen LogP contribution in [0, 0.1) is 11.8 Å². The normalized spacial score (nSPS) is 18.8. The van der Waals surface area contributed by atoms with Crippen molar-refractivity contribution in [2.75, 3.05) is 54.4 Å². The number of imide groups is 1. The molecule has 0 aliphatic carbocycles. The summed E-state index contributed by atoms with van der Waals surface area (Å²) in [6, 6.07) is 31.6. The van der Waals surface area contributed by atoms with Crippen LogP contribution in [0.1, 0.15) is 93.2 Å². The van der Waals surface area contributed by atoms with Crippen molar-refractivity contribution in [1.82, 2.24) is 30.0 Å². The van der Waals surface area contributed by atoms with Crippen LogP contribution in [0.25, 0.3) is 21.1 Å². The van der Waals surface area contributed by atoms with Gasteiger partial charge in [-0.25, -0.2) is 14.8 Å². The first kappa shape index (κ1) is 46.2. The van der Waals surface area contributed by atoms with Gasteiger partial charge in [0.2, 0.25) is 11.8 Å². The summed E-state index contributed by atoms with van der Waals surface area (Å²) in [6.07, 6.45) is 7.19. The zero-order chi connectivity index (χ0) is 48.6. The summed E-state index contributed by atoms with van der Waals surface area (Å²) in [7, 11) is 1.95. The first-order valence-electron chi connectivity index (χ1n) is 24.8. The number of benzene rings is 4. The van der Waals surface area contributed by atoms with Gasteiger partial charge in [-0.1, -0.05) is 59.9 Å². The zero-order valence-corrected chi connectivity index (χ0v) is 40.6. The highest BCUT2D eigenvalue weighted by Crippen LogP contribution is 2.37. The van der Waals surface area contributed by atoms with Gasteiger partial charge in [0.25, 0.3) is 5.91 Å². The highest BCUT2D eigenvalue weighted by molar-refractivity contribution is 7.22. The molecule has 0 radical (unpaired) electrons. The third kappa shape index (κ3) is 9.82. The van der Waals surface area contributed by atoms with Gasteiger partial charge in [0.1, 0.15) is 18.2 Å². The topological polar surface area (TPSA) is 175 Å². The number of hydrogen-bond acceptors (Lipinski definition) is 12. The molecule has 3 aromatic heterocycles. The molecular weight excluding hydrogens is 915 g/mol. The number of ether oxygens (including phenoxy) is 1. The van der Waals surface area contributed by atoms with Crippen LogP contribution in [0.4, 0.5) is 16.6 Å². The van der Waals surface area contributed by atoms with E-state index in [1.54, 1.807) is 6.07 Å². The quantitative estimate of drug-likeness (QED) is 0.0890. The summed E-state index contributed by atoms with van der Waals surface area (Å²) >= 11 is 1.43. The third-order valence-electron chi connectivity index (χ3n) is 15.0. The van der Waals surface area contributed by atoms with Crippen LogP contribution in [0.15, 0.2) is 97.1 Å². The number of para-hydroxylation sites is 2. The lowest BCUT2D eigenvalue weighted by Gasteiger charge is -2.33. The number of carbonyl (C=O) groups is 4. The maximum Gasteiger partial charge on any atom is 0.354 e. The van der Waals surface area contributed by atoms with Crippen molar-refractivity contribution >= 4 is 72.8 Å². The van der Waals surface area contributed by atoms with Crippen LogP contribution in [0.3, 0.4) is 0 Å². The molecule has 11 rings (SSSR count). The number of pyridine rings is 1. The van der Waals surface area contributed by atoms with Gasteiger partial charge in [0.15, 0.2) is 10.8 Å². The van der Waals surface area contributed by atoms with Gasteiger partial charge in [-0.15, -0.1) is 0 Å². The lowest BCUT2D eigenvalue weighted by molar-refractivity contribution is -0.134. The van der Waals surface area contributed by atoms with Gasteiger partial charge in [0.05, 0.1) is 33.0 Å². The number of aromatic carboxylic acids is 1. The summed E-state index contributed by atoms with van der Waals surface area (Å²) in [4.78, 5) is 67.0. The van der Waals surface area contributed by atoms with E-state index in [1.807, 2.05) is 77.3 Å². The molecule has 0 bridgehead atoms. The molecule has 7 heterocycles. The number of carboxylic acids is 1. The number of aromatic nitrogens is 4. The maximum atomic E-state index is 13.6. The Balaban J connectivity index is 0.640. The van der Waals surface area contributed by atoms with E-state index >= 15 is 0 Å². The fourth-order valence-electron chi connectivity index (χ4n) is 11.2. The minimum Gasteiger partial charge on any atom is -0.489 e. The molecule has 0 saturated carbocycles. The smallest absolute Gasteiger partial charge is 0.354 e. The van der Waals surface area contributed by atoms with Crippen LogP contribution in [-0.4, -0.2) is 92.7 Å². The molecule has 2 atom stereocenters. The SMILES string of the molecule is Cn1nc(C2CCC(=O)NC2=O)c2cccc(N3CC[C@H](CN4CCC(CCc5ccc(OCc6ccc(N7CCc8cccc(C(=O)Nc9nc%10ccccc%10s9)c8C7)nc6C(=O)O)cc5)CC4)C3)c21. The number of fused-ring (bicyclic) bond motifs is 3. The standard InChI is InChI=1S/C55H57N9O6S/c1-61-51-41(50(60-61)42-19-21-48(65)58-53(42)67)8-5-10-45(51)63-28-24-36(31-63)30-62-26-22-35(23-27-62)13-12-34-14-17-39(18-15-34)70-33-38-16-20-47(57-49(38)54(68)69)64-29-25-37-6-4-7-40(43(37)32-64)52(66)59-55-56-44-9-2-3-11-46(44)71-55/h2-11,14-18,20,35-36,42H,12-13,19,21-33H2,1H3,(H,68,69)(H,56,59,66)(H,58,65,67)/t36-,42?/m1/s1. The van der Waals surface area contributed by atoms with Crippen LogP contribution in [-0.2, 0) is 42.6 Å². The number of nitrogens with one attached hydrogen (secondary N) is 2. The molecule has 3 N–H and O–H groups in total. The van der Waals surface area contributed by atoms with Gasteiger partial charge in [0, 0.05) is 62.7 Å². The number of aryl methyl sites for hydroxylation is 2. The highest BCUT2D eigenvalue weighted by atomic mass is 32.1. The Hall–Kier alpha value is -7.17. The van der Waals surface area contributed by atoms with Gasteiger partial charge < -0.3 is 24.5 Å². The lowest BCUT2D eigenvalue weighted by Crippen LogP contribution is -2.39. The number of rotatable bonds is 14. The molecule has 4 aromatic carbocycles. The average molecular weight is 972 g/mol. The molecule has 0 spiro atoms. The Bertz CT molecular complexity index is 3130. The second kappa shape index (κ2) is 19.9. The Morgan fingerprint density at radius 3 is 2.48 bits per heavy atom. The van der Waals surface area contributed by atoms with E-state index in [2.05, 4.69) is 60.7 Å².